The minimum Gasteiger partial charge on any atom is -0.392 e. The Morgan fingerprint density at radius 2 is 1.95 bits per heavy atom. The average molecular weight is 281 g/mol. The van der Waals surface area contributed by atoms with Crippen LogP contribution in [0.15, 0.2) is 5.38 Å². The van der Waals surface area contributed by atoms with Crippen molar-refractivity contribution in [3.63, 3.8) is 0 Å². The Labute approximate surface area is 121 Å². The molecule has 1 unspecified atom stereocenters. The van der Waals surface area contributed by atoms with Gasteiger partial charge in [-0.05, 0) is 49.9 Å². The fourth-order valence-corrected chi connectivity index (χ4v) is 3.88. The van der Waals surface area contributed by atoms with Gasteiger partial charge in [0.2, 0.25) is 0 Å². The molecule has 0 aromatic carbocycles. The molecule has 0 aliphatic heterocycles. The van der Waals surface area contributed by atoms with Crippen LogP contribution >= 0.6 is 11.3 Å². The standard InChI is InChI=1S/C16H27NOS/c1-11-17-14(10-19-11)9-15(18)12-5-7-13(8-6-12)16(2,3)4/h10,12-13,15,18H,5-9H2,1-4H3. The zero-order valence-corrected chi connectivity index (χ0v) is 13.5. The molecule has 108 valence electrons. The van der Waals surface area contributed by atoms with Crippen molar-refractivity contribution in [1.82, 2.24) is 4.98 Å². The molecule has 1 aliphatic carbocycles. The molecule has 1 fully saturated rings. The summed E-state index contributed by atoms with van der Waals surface area (Å²) < 4.78 is 0. The van der Waals surface area contributed by atoms with Crippen LogP contribution in [0.1, 0.15) is 57.2 Å². The summed E-state index contributed by atoms with van der Waals surface area (Å²) in [5.74, 6) is 1.29. The van der Waals surface area contributed by atoms with Crippen LogP contribution in [-0.2, 0) is 6.42 Å². The summed E-state index contributed by atoms with van der Waals surface area (Å²) in [4.78, 5) is 4.46. The third-order valence-electron chi connectivity index (χ3n) is 4.63. The monoisotopic (exact) mass is 281 g/mol. The van der Waals surface area contributed by atoms with Crippen LogP contribution in [0.25, 0.3) is 0 Å². The molecule has 1 saturated carbocycles. The smallest absolute Gasteiger partial charge is 0.0897 e. The van der Waals surface area contributed by atoms with E-state index in [1.165, 1.54) is 25.7 Å². The molecule has 3 heteroatoms. The molecular weight excluding hydrogens is 254 g/mol. The highest BCUT2D eigenvalue weighted by Gasteiger charge is 2.32. The molecule has 0 radical (unpaired) electrons. The maximum Gasteiger partial charge on any atom is 0.0897 e. The largest absolute Gasteiger partial charge is 0.392 e. The highest BCUT2D eigenvalue weighted by atomic mass is 32.1. The normalized spacial score (nSPS) is 26.4. The molecule has 2 rings (SSSR count). The van der Waals surface area contributed by atoms with E-state index in [1.54, 1.807) is 11.3 Å². The molecule has 1 atom stereocenters. The second kappa shape index (κ2) is 5.92. The van der Waals surface area contributed by atoms with E-state index in [1.807, 2.05) is 6.92 Å². The molecular formula is C16H27NOS. The first kappa shape index (κ1) is 15.0. The van der Waals surface area contributed by atoms with Crippen LogP contribution in [0, 0.1) is 24.2 Å². The van der Waals surface area contributed by atoms with E-state index in [0.717, 1.165) is 23.0 Å². The highest BCUT2D eigenvalue weighted by Crippen LogP contribution is 2.41. The Balaban J connectivity index is 1.84. The van der Waals surface area contributed by atoms with Crippen LogP contribution in [0.5, 0.6) is 0 Å². The van der Waals surface area contributed by atoms with Gasteiger partial charge in [0.15, 0.2) is 0 Å². The van der Waals surface area contributed by atoms with Crippen LogP contribution in [0.3, 0.4) is 0 Å². The average Bonchev–Trinajstić information content (AvgIpc) is 2.74. The van der Waals surface area contributed by atoms with E-state index >= 15 is 0 Å². The van der Waals surface area contributed by atoms with Gasteiger partial charge < -0.3 is 5.11 Å². The van der Waals surface area contributed by atoms with Crippen molar-refractivity contribution < 1.29 is 5.11 Å². The van der Waals surface area contributed by atoms with E-state index in [-0.39, 0.29) is 6.10 Å². The summed E-state index contributed by atoms with van der Waals surface area (Å²) in [5.41, 5.74) is 1.48. The van der Waals surface area contributed by atoms with Crippen molar-refractivity contribution >= 4 is 11.3 Å². The zero-order chi connectivity index (χ0) is 14.0. The van der Waals surface area contributed by atoms with Gasteiger partial charge in [-0.25, -0.2) is 4.98 Å². The molecule has 0 amide bonds. The Bertz CT molecular complexity index is 399. The first-order valence-corrected chi connectivity index (χ1v) is 8.33. The molecule has 1 aliphatic rings. The molecule has 1 aromatic heterocycles. The molecule has 1 N–H and O–H groups in total. The lowest BCUT2D eigenvalue weighted by Gasteiger charge is -2.38. The van der Waals surface area contributed by atoms with Gasteiger partial charge in [0.25, 0.3) is 0 Å². The second-order valence-corrected chi connectivity index (χ2v) is 8.17. The summed E-state index contributed by atoms with van der Waals surface area (Å²) in [6.45, 7) is 9.04. The third kappa shape index (κ3) is 4.03. The van der Waals surface area contributed by atoms with E-state index in [2.05, 4.69) is 31.1 Å². The Morgan fingerprint density at radius 1 is 1.32 bits per heavy atom. The minimum atomic E-state index is -0.206. The predicted octanol–water partition coefficient (Wildman–Crippen LogP) is 4.21. The van der Waals surface area contributed by atoms with Crippen molar-refractivity contribution in [2.24, 2.45) is 17.3 Å². The number of aryl methyl sites for hydroxylation is 1. The van der Waals surface area contributed by atoms with Crippen LogP contribution in [-0.4, -0.2) is 16.2 Å². The van der Waals surface area contributed by atoms with Gasteiger partial charge in [0.1, 0.15) is 0 Å². The van der Waals surface area contributed by atoms with E-state index in [9.17, 15) is 5.11 Å². The number of thiazole rings is 1. The zero-order valence-electron chi connectivity index (χ0n) is 12.6. The van der Waals surface area contributed by atoms with Gasteiger partial charge in [-0.3, -0.25) is 0 Å². The van der Waals surface area contributed by atoms with Crippen LogP contribution in [0.2, 0.25) is 0 Å². The number of aliphatic hydroxyl groups is 1. The number of hydrogen-bond donors (Lipinski definition) is 1. The number of rotatable bonds is 3. The summed E-state index contributed by atoms with van der Waals surface area (Å²) in [5, 5.41) is 13.6. The number of aromatic nitrogens is 1. The van der Waals surface area contributed by atoms with Gasteiger partial charge in [0, 0.05) is 11.8 Å². The maximum absolute atomic E-state index is 10.4. The Hall–Kier alpha value is -0.410. The lowest BCUT2D eigenvalue weighted by atomic mass is 9.68. The van der Waals surface area contributed by atoms with Crippen LogP contribution in [0.4, 0.5) is 0 Å². The van der Waals surface area contributed by atoms with Crippen molar-refractivity contribution in [1.29, 1.82) is 0 Å². The topological polar surface area (TPSA) is 33.1 Å². The first-order chi connectivity index (χ1) is 8.86. The lowest BCUT2D eigenvalue weighted by molar-refractivity contribution is 0.0532. The highest BCUT2D eigenvalue weighted by molar-refractivity contribution is 7.09. The molecule has 1 heterocycles. The van der Waals surface area contributed by atoms with E-state index < -0.39 is 0 Å². The van der Waals surface area contributed by atoms with Crippen molar-refractivity contribution in [2.45, 2.75) is 65.9 Å². The van der Waals surface area contributed by atoms with Gasteiger partial charge in [-0.2, -0.15) is 0 Å². The van der Waals surface area contributed by atoms with Crippen LogP contribution < -0.4 is 0 Å². The Morgan fingerprint density at radius 3 is 2.42 bits per heavy atom. The molecule has 0 saturated heterocycles. The summed E-state index contributed by atoms with van der Waals surface area (Å²) >= 11 is 1.67. The summed E-state index contributed by atoms with van der Waals surface area (Å²) in [7, 11) is 0. The Kier molecular flexibility index (Phi) is 4.67. The van der Waals surface area contributed by atoms with Crippen molar-refractivity contribution in [3.8, 4) is 0 Å². The molecule has 1 aromatic rings. The molecule has 2 nitrogen and oxygen atoms in total. The number of aliphatic hydroxyl groups excluding tert-OH is 1. The summed E-state index contributed by atoms with van der Waals surface area (Å²) in [6, 6.07) is 0. The van der Waals surface area contributed by atoms with Gasteiger partial charge >= 0.3 is 0 Å². The van der Waals surface area contributed by atoms with Gasteiger partial charge in [-0.15, -0.1) is 11.3 Å². The van der Waals surface area contributed by atoms with Crippen molar-refractivity contribution in [2.75, 3.05) is 0 Å². The van der Waals surface area contributed by atoms with Gasteiger partial charge in [-0.1, -0.05) is 20.8 Å². The molecule has 0 spiro atoms. The maximum atomic E-state index is 10.4. The number of hydrogen-bond acceptors (Lipinski definition) is 3. The quantitative estimate of drug-likeness (QED) is 0.900. The fraction of sp³-hybridized carbons (Fsp3) is 0.812. The predicted molar refractivity (Wildman–Crippen MR) is 81.5 cm³/mol. The first-order valence-electron chi connectivity index (χ1n) is 7.45. The second-order valence-electron chi connectivity index (χ2n) is 7.11. The van der Waals surface area contributed by atoms with E-state index in [0.29, 0.717) is 11.3 Å². The minimum absolute atomic E-state index is 0.206. The molecule has 0 bridgehead atoms. The van der Waals surface area contributed by atoms with Crippen molar-refractivity contribution in [3.05, 3.63) is 16.1 Å². The van der Waals surface area contributed by atoms with Gasteiger partial charge in [0.05, 0.1) is 16.8 Å². The number of nitrogens with zero attached hydrogens (tertiary/aromatic N) is 1. The molecule has 19 heavy (non-hydrogen) atoms. The third-order valence-corrected chi connectivity index (χ3v) is 5.45. The van der Waals surface area contributed by atoms with E-state index in [4.69, 9.17) is 0 Å². The fourth-order valence-electron chi connectivity index (χ4n) is 3.25. The SMILES string of the molecule is Cc1nc(CC(O)C2CCC(C(C)(C)C)CC2)cs1. The lowest BCUT2D eigenvalue weighted by Crippen LogP contribution is -2.31. The summed E-state index contributed by atoms with van der Waals surface area (Å²) in [6.07, 6.45) is 5.40.